The Balaban J connectivity index is 1.81. The lowest BCUT2D eigenvalue weighted by atomic mass is 10.3. The van der Waals surface area contributed by atoms with Gasteiger partial charge in [0.05, 0.1) is 6.54 Å². The second-order valence-corrected chi connectivity index (χ2v) is 4.91. The van der Waals surface area contributed by atoms with Gasteiger partial charge in [0, 0.05) is 11.1 Å². The Kier molecular flexibility index (Phi) is 2.53. The molecule has 3 aromatic rings. The van der Waals surface area contributed by atoms with Crippen molar-refractivity contribution in [2.45, 2.75) is 13.5 Å². The molecule has 5 heteroatoms. The Morgan fingerprint density at radius 3 is 3.18 bits per heavy atom. The maximum Gasteiger partial charge on any atom is 0.243 e. The molecule has 3 heterocycles. The van der Waals surface area contributed by atoms with Gasteiger partial charge < -0.3 is 5.32 Å². The first kappa shape index (κ1) is 10.3. The molecule has 0 aliphatic rings. The van der Waals surface area contributed by atoms with Crippen molar-refractivity contribution < 1.29 is 0 Å². The lowest BCUT2D eigenvalue weighted by Gasteiger charge is -1.96. The van der Waals surface area contributed by atoms with Crippen LogP contribution in [0.3, 0.4) is 0 Å². The van der Waals surface area contributed by atoms with Crippen molar-refractivity contribution in [3.05, 3.63) is 46.3 Å². The molecule has 86 valence electrons. The Hall–Kier alpha value is -1.88. The van der Waals surface area contributed by atoms with E-state index in [9.17, 15) is 0 Å². The van der Waals surface area contributed by atoms with E-state index in [0.717, 1.165) is 12.2 Å². The quantitative estimate of drug-likeness (QED) is 0.770. The molecule has 0 saturated carbocycles. The highest BCUT2D eigenvalue weighted by molar-refractivity contribution is 7.09. The smallest absolute Gasteiger partial charge is 0.243 e. The number of fused-ring (bicyclic) bond motifs is 1. The summed E-state index contributed by atoms with van der Waals surface area (Å²) in [4.78, 5) is 5.70. The van der Waals surface area contributed by atoms with Crippen molar-refractivity contribution in [1.29, 1.82) is 0 Å². The standard InChI is InChI=1S/C12H12N4S/c1-9-4-5-16-11(7-9)14-12(15-16)13-8-10-3-2-6-17-10/h2-7H,8H2,1H3,(H,13,15). The summed E-state index contributed by atoms with van der Waals surface area (Å²) >= 11 is 1.73. The molecule has 3 aromatic heterocycles. The van der Waals surface area contributed by atoms with Gasteiger partial charge in [-0.05, 0) is 36.1 Å². The van der Waals surface area contributed by atoms with E-state index in [1.165, 1.54) is 10.4 Å². The van der Waals surface area contributed by atoms with E-state index in [-0.39, 0.29) is 0 Å². The minimum absolute atomic E-state index is 0.670. The van der Waals surface area contributed by atoms with E-state index < -0.39 is 0 Å². The summed E-state index contributed by atoms with van der Waals surface area (Å²) in [6.45, 7) is 2.82. The molecule has 3 rings (SSSR count). The molecule has 0 aliphatic heterocycles. The Labute approximate surface area is 103 Å². The summed E-state index contributed by atoms with van der Waals surface area (Å²) in [5.74, 6) is 0.670. The Morgan fingerprint density at radius 2 is 2.35 bits per heavy atom. The second kappa shape index (κ2) is 4.18. The molecule has 0 bridgehead atoms. The number of aromatic nitrogens is 3. The van der Waals surface area contributed by atoms with Crippen molar-refractivity contribution in [2.24, 2.45) is 0 Å². The lowest BCUT2D eigenvalue weighted by molar-refractivity contribution is 0.949. The van der Waals surface area contributed by atoms with Crippen LogP contribution in [0.4, 0.5) is 5.95 Å². The molecular formula is C12H12N4S. The van der Waals surface area contributed by atoms with Crippen LogP contribution in [0.25, 0.3) is 5.65 Å². The minimum atomic E-state index is 0.670. The zero-order valence-electron chi connectivity index (χ0n) is 9.42. The molecule has 1 N–H and O–H groups in total. The molecular weight excluding hydrogens is 232 g/mol. The van der Waals surface area contributed by atoms with E-state index in [2.05, 4.69) is 26.8 Å². The third-order valence-corrected chi connectivity index (χ3v) is 3.37. The Bertz CT molecular complexity index is 627. The molecule has 4 nitrogen and oxygen atoms in total. The average molecular weight is 244 g/mol. The predicted octanol–water partition coefficient (Wildman–Crippen LogP) is 2.71. The zero-order valence-corrected chi connectivity index (χ0v) is 10.2. The maximum absolute atomic E-state index is 4.42. The molecule has 0 fully saturated rings. The summed E-state index contributed by atoms with van der Waals surface area (Å²) in [5.41, 5.74) is 2.06. The molecule has 0 unspecified atom stereocenters. The first-order chi connectivity index (χ1) is 8.31. The number of aryl methyl sites for hydroxylation is 1. The monoisotopic (exact) mass is 244 g/mol. The van der Waals surface area contributed by atoms with Crippen LogP contribution in [-0.4, -0.2) is 14.6 Å². The second-order valence-electron chi connectivity index (χ2n) is 3.88. The van der Waals surface area contributed by atoms with Crippen LogP contribution in [0.15, 0.2) is 35.8 Å². The third kappa shape index (κ3) is 2.14. The molecule has 17 heavy (non-hydrogen) atoms. The molecule has 0 aliphatic carbocycles. The van der Waals surface area contributed by atoms with Gasteiger partial charge in [-0.15, -0.1) is 16.4 Å². The summed E-state index contributed by atoms with van der Waals surface area (Å²) < 4.78 is 1.78. The van der Waals surface area contributed by atoms with Crippen LogP contribution in [0, 0.1) is 6.92 Å². The van der Waals surface area contributed by atoms with E-state index in [1.54, 1.807) is 15.9 Å². The van der Waals surface area contributed by atoms with Crippen LogP contribution in [0.5, 0.6) is 0 Å². The summed E-state index contributed by atoms with van der Waals surface area (Å²) in [7, 11) is 0. The van der Waals surface area contributed by atoms with E-state index in [4.69, 9.17) is 0 Å². The largest absolute Gasteiger partial charge is 0.348 e. The minimum Gasteiger partial charge on any atom is -0.348 e. The summed E-state index contributed by atoms with van der Waals surface area (Å²) in [6.07, 6.45) is 1.92. The van der Waals surface area contributed by atoms with Crippen molar-refractivity contribution in [1.82, 2.24) is 14.6 Å². The number of pyridine rings is 1. The van der Waals surface area contributed by atoms with E-state index in [1.807, 2.05) is 31.3 Å². The normalized spacial score (nSPS) is 10.9. The van der Waals surface area contributed by atoms with Crippen molar-refractivity contribution >= 4 is 22.9 Å². The zero-order chi connectivity index (χ0) is 11.7. The van der Waals surface area contributed by atoms with Gasteiger partial charge in [-0.1, -0.05) is 6.07 Å². The molecule has 0 amide bonds. The number of nitrogens with one attached hydrogen (secondary N) is 1. The average Bonchev–Trinajstić information content (AvgIpc) is 2.94. The fourth-order valence-corrected chi connectivity index (χ4v) is 2.28. The van der Waals surface area contributed by atoms with Gasteiger partial charge in [0.25, 0.3) is 0 Å². The molecule has 0 saturated heterocycles. The van der Waals surface area contributed by atoms with Gasteiger partial charge in [-0.3, -0.25) is 0 Å². The highest BCUT2D eigenvalue weighted by Gasteiger charge is 2.03. The number of nitrogens with zero attached hydrogens (tertiary/aromatic N) is 3. The highest BCUT2D eigenvalue weighted by Crippen LogP contribution is 2.12. The van der Waals surface area contributed by atoms with Crippen molar-refractivity contribution in [3.8, 4) is 0 Å². The molecule has 0 spiro atoms. The van der Waals surface area contributed by atoms with Crippen molar-refractivity contribution in [3.63, 3.8) is 0 Å². The van der Waals surface area contributed by atoms with Gasteiger partial charge in [0.2, 0.25) is 5.95 Å². The maximum atomic E-state index is 4.42. The number of rotatable bonds is 3. The fraction of sp³-hybridized carbons (Fsp3) is 0.167. The van der Waals surface area contributed by atoms with Crippen LogP contribution >= 0.6 is 11.3 Å². The number of hydrogen-bond acceptors (Lipinski definition) is 4. The topological polar surface area (TPSA) is 42.2 Å². The van der Waals surface area contributed by atoms with Gasteiger partial charge in [-0.2, -0.15) is 4.98 Å². The first-order valence-electron chi connectivity index (χ1n) is 5.40. The first-order valence-corrected chi connectivity index (χ1v) is 6.28. The van der Waals surface area contributed by atoms with Gasteiger partial charge >= 0.3 is 0 Å². The molecule has 0 atom stereocenters. The molecule has 0 radical (unpaired) electrons. The molecule has 0 aromatic carbocycles. The number of anilines is 1. The van der Waals surface area contributed by atoms with Gasteiger partial charge in [0.15, 0.2) is 5.65 Å². The Morgan fingerprint density at radius 1 is 1.41 bits per heavy atom. The van der Waals surface area contributed by atoms with Crippen LogP contribution < -0.4 is 5.32 Å². The SMILES string of the molecule is Cc1ccn2nc(NCc3cccs3)nc2c1. The van der Waals surface area contributed by atoms with Crippen LogP contribution in [0.2, 0.25) is 0 Å². The summed E-state index contributed by atoms with van der Waals surface area (Å²) in [5, 5.41) is 9.64. The lowest BCUT2D eigenvalue weighted by Crippen LogP contribution is -1.99. The predicted molar refractivity (Wildman–Crippen MR) is 69.4 cm³/mol. The van der Waals surface area contributed by atoms with Gasteiger partial charge in [0.1, 0.15) is 0 Å². The number of hydrogen-bond donors (Lipinski definition) is 1. The highest BCUT2D eigenvalue weighted by atomic mass is 32.1. The number of thiophene rings is 1. The van der Waals surface area contributed by atoms with Crippen molar-refractivity contribution in [2.75, 3.05) is 5.32 Å². The van der Waals surface area contributed by atoms with Gasteiger partial charge in [-0.25, -0.2) is 4.52 Å². The summed E-state index contributed by atoms with van der Waals surface area (Å²) in [6, 6.07) is 8.17. The van der Waals surface area contributed by atoms with Crippen LogP contribution in [-0.2, 0) is 6.54 Å². The third-order valence-electron chi connectivity index (χ3n) is 2.49. The van der Waals surface area contributed by atoms with E-state index in [0.29, 0.717) is 5.95 Å². The van der Waals surface area contributed by atoms with Crippen LogP contribution in [0.1, 0.15) is 10.4 Å². The van der Waals surface area contributed by atoms with E-state index >= 15 is 0 Å². The fourth-order valence-electron chi connectivity index (χ4n) is 1.64.